The van der Waals surface area contributed by atoms with Gasteiger partial charge in [-0.1, -0.05) is 12.1 Å². The van der Waals surface area contributed by atoms with Crippen LogP contribution in [0, 0.1) is 12.7 Å². The van der Waals surface area contributed by atoms with Gasteiger partial charge in [-0.15, -0.1) is 0 Å². The number of likely N-dealkylation sites (tertiary alicyclic amines) is 1. The van der Waals surface area contributed by atoms with Crippen LogP contribution in [-0.2, 0) is 0 Å². The molecule has 2 saturated heterocycles. The van der Waals surface area contributed by atoms with Gasteiger partial charge in [-0.3, -0.25) is 9.78 Å². The first-order chi connectivity index (χ1) is 12.8. The van der Waals surface area contributed by atoms with E-state index in [4.69, 9.17) is 0 Å². The van der Waals surface area contributed by atoms with E-state index in [1.165, 1.54) is 6.07 Å². The molecule has 4 rings (SSSR count). The largest absolute Gasteiger partial charge is 0.364 e. The van der Waals surface area contributed by atoms with Crippen molar-refractivity contribution in [3.8, 4) is 0 Å². The number of benzene rings is 1. The second-order valence-corrected chi connectivity index (χ2v) is 8.56. The first-order valence-corrected chi connectivity index (χ1v) is 9.59. The summed E-state index contributed by atoms with van der Waals surface area (Å²) in [6.45, 7) is 7.80. The SMILES string of the molecule is Cc1ccc(C(=O)N2CCCC23CN(c2cccc(F)c2)C(C)(C)C3)nc1. The average molecular weight is 367 g/mol. The van der Waals surface area contributed by atoms with Crippen LogP contribution >= 0.6 is 0 Å². The number of carbonyl (C=O) groups is 1. The minimum Gasteiger partial charge on any atom is -0.364 e. The van der Waals surface area contributed by atoms with E-state index in [0.717, 1.165) is 43.6 Å². The summed E-state index contributed by atoms with van der Waals surface area (Å²) >= 11 is 0. The molecule has 1 unspecified atom stereocenters. The first-order valence-electron chi connectivity index (χ1n) is 9.59. The molecule has 5 heteroatoms. The van der Waals surface area contributed by atoms with Crippen LogP contribution in [0.5, 0.6) is 0 Å². The highest BCUT2D eigenvalue weighted by atomic mass is 19.1. The van der Waals surface area contributed by atoms with Gasteiger partial charge in [0.05, 0.1) is 5.54 Å². The number of aromatic nitrogens is 1. The smallest absolute Gasteiger partial charge is 0.272 e. The summed E-state index contributed by atoms with van der Waals surface area (Å²) in [5.74, 6) is -0.225. The molecule has 1 spiro atoms. The van der Waals surface area contributed by atoms with Gasteiger partial charge in [-0.05, 0) is 69.9 Å². The normalized spacial score (nSPS) is 24.0. The van der Waals surface area contributed by atoms with E-state index in [1.807, 2.05) is 30.0 Å². The fraction of sp³-hybridized carbons (Fsp3) is 0.455. The highest BCUT2D eigenvalue weighted by Gasteiger charge is 2.55. The maximum atomic E-state index is 13.8. The lowest BCUT2D eigenvalue weighted by Gasteiger charge is -2.35. The van der Waals surface area contributed by atoms with Crippen LogP contribution in [0.4, 0.5) is 10.1 Å². The topological polar surface area (TPSA) is 36.4 Å². The number of hydrogen-bond donors (Lipinski definition) is 0. The number of pyridine rings is 1. The van der Waals surface area contributed by atoms with Crippen LogP contribution < -0.4 is 4.90 Å². The fourth-order valence-electron chi connectivity index (χ4n) is 4.89. The Balaban J connectivity index is 1.66. The minimum atomic E-state index is -0.229. The van der Waals surface area contributed by atoms with Crippen LogP contribution in [0.1, 0.15) is 49.2 Å². The van der Waals surface area contributed by atoms with E-state index < -0.39 is 0 Å². The predicted octanol–water partition coefficient (Wildman–Crippen LogP) is 4.19. The van der Waals surface area contributed by atoms with Gasteiger partial charge in [0.25, 0.3) is 5.91 Å². The second-order valence-electron chi connectivity index (χ2n) is 8.56. The zero-order chi connectivity index (χ0) is 19.2. The maximum Gasteiger partial charge on any atom is 0.272 e. The lowest BCUT2D eigenvalue weighted by Crippen LogP contribution is -2.49. The molecule has 1 aromatic carbocycles. The van der Waals surface area contributed by atoms with E-state index in [-0.39, 0.29) is 22.8 Å². The molecular formula is C22H26FN3O. The van der Waals surface area contributed by atoms with Gasteiger partial charge in [0.1, 0.15) is 11.5 Å². The molecule has 1 amide bonds. The van der Waals surface area contributed by atoms with Crippen molar-refractivity contribution in [3.63, 3.8) is 0 Å². The third-order valence-corrected chi connectivity index (χ3v) is 6.04. The molecule has 0 radical (unpaired) electrons. The second kappa shape index (κ2) is 6.32. The molecule has 0 aliphatic carbocycles. The Labute approximate surface area is 160 Å². The molecule has 3 heterocycles. The molecule has 142 valence electrons. The third kappa shape index (κ3) is 3.09. The Morgan fingerprint density at radius 2 is 2.04 bits per heavy atom. The third-order valence-electron chi connectivity index (χ3n) is 6.04. The molecule has 2 aromatic rings. The summed E-state index contributed by atoms with van der Waals surface area (Å²) in [5, 5.41) is 0. The zero-order valence-electron chi connectivity index (χ0n) is 16.2. The molecule has 2 fully saturated rings. The Kier molecular flexibility index (Phi) is 4.21. The summed E-state index contributed by atoms with van der Waals surface area (Å²) in [5.41, 5.74) is 2.05. The number of halogens is 1. The van der Waals surface area contributed by atoms with Crippen molar-refractivity contribution in [2.24, 2.45) is 0 Å². The summed E-state index contributed by atoms with van der Waals surface area (Å²) in [6, 6.07) is 10.5. The predicted molar refractivity (Wildman–Crippen MR) is 104 cm³/mol. The Bertz CT molecular complexity index is 864. The number of hydrogen-bond acceptors (Lipinski definition) is 3. The molecule has 27 heavy (non-hydrogen) atoms. The van der Waals surface area contributed by atoms with Gasteiger partial charge in [-0.25, -0.2) is 4.39 Å². The van der Waals surface area contributed by atoms with Gasteiger partial charge in [0.15, 0.2) is 0 Å². The molecule has 2 aliphatic heterocycles. The number of nitrogens with zero attached hydrogens (tertiary/aromatic N) is 3. The van der Waals surface area contributed by atoms with Crippen LogP contribution in [-0.4, -0.2) is 40.0 Å². The van der Waals surface area contributed by atoms with E-state index in [9.17, 15) is 9.18 Å². The summed E-state index contributed by atoms with van der Waals surface area (Å²) in [4.78, 5) is 21.8. The van der Waals surface area contributed by atoms with E-state index in [1.54, 1.807) is 18.3 Å². The van der Waals surface area contributed by atoms with Crippen LogP contribution in [0.15, 0.2) is 42.6 Å². The van der Waals surface area contributed by atoms with E-state index >= 15 is 0 Å². The van der Waals surface area contributed by atoms with Crippen molar-refractivity contribution in [3.05, 3.63) is 59.7 Å². The number of anilines is 1. The van der Waals surface area contributed by atoms with Crippen molar-refractivity contribution in [1.82, 2.24) is 9.88 Å². The van der Waals surface area contributed by atoms with Crippen molar-refractivity contribution < 1.29 is 9.18 Å². The zero-order valence-corrected chi connectivity index (χ0v) is 16.2. The molecule has 1 aromatic heterocycles. The van der Waals surface area contributed by atoms with Gasteiger partial charge in [0.2, 0.25) is 0 Å². The van der Waals surface area contributed by atoms with E-state index in [0.29, 0.717) is 5.69 Å². The number of rotatable bonds is 2. The van der Waals surface area contributed by atoms with Crippen molar-refractivity contribution >= 4 is 11.6 Å². The standard InChI is InChI=1S/C22H26FN3O/c1-16-8-9-19(24-13-16)20(27)25-11-5-10-22(25)14-21(2,3)26(15-22)18-7-4-6-17(23)12-18/h4,6-9,12-13H,5,10-11,14-15H2,1-3H3. The number of aryl methyl sites for hydroxylation is 1. The average Bonchev–Trinajstić information content (AvgIpc) is 3.14. The molecule has 2 aliphatic rings. The molecule has 0 bridgehead atoms. The molecule has 1 atom stereocenters. The van der Waals surface area contributed by atoms with Crippen LogP contribution in [0.25, 0.3) is 0 Å². The van der Waals surface area contributed by atoms with Gasteiger partial charge in [0, 0.05) is 30.5 Å². The maximum absolute atomic E-state index is 13.8. The molecule has 0 N–H and O–H groups in total. The van der Waals surface area contributed by atoms with Crippen LogP contribution in [0.3, 0.4) is 0 Å². The van der Waals surface area contributed by atoms with Gasteiger partial charge >= 0.3 is 0 Å². The highest BCUT2D eigenvalue weighted by molar-refractivity contribution is 5.93. The lowest BCUT2D eigenvalue weighted by molar-refractivity contribution is 0.0611. The Morgan fingerprint density at radius 3 is 2.74 bits per heavy atom. The quantitative estimate of drug-likeness (QED) is 0.798. The first kappa shape index (κ1) is 18.0. The Hall–Kier alpha value is -2.43. The van der Waals surface area contributed by atoms with Crippen LogP contribution in [0.2, 0.25) is 0 Å². The summed E-state index contributed by atoms with van der Waals surface area (Å²) < 4.78 is 13.8. The fourth-order valence-corrected chi connectivity index (χ4v) is 4.89. The van der Waals surface area contributed by atoms with Crippen molar-refractivity contribution in [1.29, 1.82) is 0 Å². The Morgan fingerprint density at radius 1 is 1.22 bits per heavy atom. The lowest BCUT2D eigenvalue weighted by atomic mass is 9.87. The molecular weight excluding hydrogens is 341 g/mol. The molecule has 0 saturated carbocycles. The van der Waals surface area contributed by atoms with Gasteiger partial charge in [-0.2, -0.15) is 0 Å². The highest BCUT2D eigenvalue weighted by Crippen LogP contribution is 2.47. The van der Waals surface area contributed by atoms with E-state index in [2.05, 4.69) is 23.7 Å². The number of carbonyl (C=O) groups excluding carboxylic acids is 1. The van der Waals surface area contributed by atoms with Crippen molar-refractivity contribution in [2.75, 3.05) is 18.0 Å². The minimum absolute atomic E-state index is 0.00407. The monoisotopic (exact) mass is 367 g/mol. The molecule has 4 nitrogen and oxygen atoms in total. The van der Waals surface area contributed by atoms with Gasteiger partial charge < -0.3 is 9.80 Å². The van der Waals surface area contributed by atoms with Crippen molar-refractivity contribution in [2.45, 2.75) is 51.1 Å². The summed E-state index contributed by atoms with van der Waals surface area (Å²) in [6.07, 6.45) is 4.58. The summed E-state index contributed by atoms with van der Waals surface area (Å²) in [7, 11) is 0. The number of amides is 1.